The quantitative estimate of drug-likeness (QED) is 0.718. The topological polar surface area (TPSA) is 78.1 Å². The van der Waals surface area contributed by atoms with Crippen LogP contribution in [-0.4, -0.2) is 28.3 Å². The van der Waals surface area contributed by atoms with Crippen molar-refractivity contribution in [1.29, 1.82) is 0 Å². The summed E-state index contributed by atoms with van der Waals surface area (Å²) in [5, 5.41) is 2.92. The monoisotopic (exact) mass is 374 g/mol. The molecule has 2 N–H and O–H groups in total. The zero-order chi connectivity index (χ0) is 19.5. The molecule has 3 aromatic rings. The normalized spacial score (nSPS) is 13.8. The van der Waals surface area contributed by atoms with E-state index in [0.29, 0.717) is 24.5 Å². The van der Waals surface area contributed by atoms with Gasteiger partial charge < -0.3 is 15.2 Å². The molecule has 4 rings (SSSR count). The third-order valence-corrected chi connectivity index (χ3v) is 4.92. The van der Waals surface area contributed by atoms with Crippen molar-refractivity contribution in [3.63, 3.8) is 0 Å². The van der Waals surface area contributed by atoms with Gasteiger partial charge in [-0.3, -0.25) is 9.59 Å². The van der Waals surface area contributed by atoms with E-state index in [1.807, 2.05) is 61.5 Å². The molecule has 0 aliphatic carbocycles. The zero-order valence-corrected chi connectivity index (χ0v) is 15.7. The maximum absolute atomic E-state index is 12.6. The van der Waals surface area contributed by atoms with Crippen LogP contribution in [0.3, 0.4) is 0 Å². The number of aromatic amines is 1. The molecular formula is C22H22N4O2. The predicted octanol–water partition coefficient (Wildman–Crippen LogP) is 3.44. The van der Waals surface area contributed by atoms with Gasteiger partial charge in [-0.25, -0.2) is 4.98 Å². The summed E-state index contributed by atoms with van der Waals surface area (Å²) in [6.45, 7) is 3.02. The Hall–Kier alpha value is -3.41. The van der Waals surface area contributed by atoms with E-state index in [9.17, 15) is 9.59 Å². The molecule has 2 heterocycles. The summed E-state index contributed by atoms with van der Waals surface area (Å²) in [5.41, 5.74) is 3.96. The number of hydrogen-bond acceptors (Lipinski definition) is 3. The maximum Gasteiger partial charge on any atom is 0.272 e. The molecule has 0 atom stereocenters. The molecule has 2 aromatic carbocycles. The Balaban J connectivity index is 1.41. The molecule has 6 heteroatoms. The minimum absolute atomic E-state index is 0.171. The van der Waals surface area contributed by atoms with E-state index in [2.05, 4.69) is 15.3 Å². The lowest BCUT2D eigenvalue weighted by atomic mass is 10.2. The Bertz CT molecular complexity index is 993. The Morgan fingerprint density at radius 3 is 2.57 bits per heavy atom. The molecule has 0 saturated carbocycles. The van der Waals surface area contributed by atoms with Crippen molar-refractivity contribution in [2.45, 2.75) is 26.3 Å². The number of benzene rings is 2. The molecule has 1 fully saturated rings. The first-order valence-electron chi connectivity index (χ1n) is 9.41. The number of imidazole rings is 1. The number of rotatable bonds is 5. The van der Waals surface area contributed by atoms with Crippen molar-refractivity contribution in [3.05, 3.63) is 71.5 Å². The van der Waals surface area contributed by atoms with Gasteiger partial charge in [0.05, 0.1) is 0 Å². The minimum atomic E-state index is -0.213. The highest BCUT2D eigenvalue weighted by molar-refractivity contribution is 5.95. The van der Waals surface area contributed by atoms with Crippen LogP contribution < -0.4 is 10.2 Å². The van der Waals surface area contributed by atoms with E-state index >= 15 is 0 Å². The number of carbonyl (C=O) groups excluding carboxylic acids is 2. The van der Waals surface area contributed by atoms with Crippen molar-refractivity contribution >= 4 is 17.5 Å². The SMILES string of the molecule is Cc1[nH]c(-c2ccccc2)nc1C(=O)NCc1ccc(N2CCCC2=O)cc1. The van der Waals surface area contributed by atoms with Gasteiger partial charge in [-0.1, -0.05) is 42.5 Å². The summed E-state index contributed by atoms with van der Waals surface area (Å²) in [6, 6.07) is 17.5. The highest BCUT2D eigenvalue weighted by atomic mass is 16.2. The van der Waals surface area contributed by atoms with Gasteiger partial charge >= 0.3 is 0 Å². The Labute approximate surface area is 163 Å². The summed E-state index contributed by atoms with van der Waals surface area (Å²) >= 11 is 0. The van der Waals surface area contributed by atoms with E-state index in [1.54, 1.807) is 4.90 Å². The average Bonchev–Trinajstić information content (AvgIpc) is 3.33. The molecule has 0 radical (unpaired) electrons. The first-order valence-corrected chi connectivity index (χ1v) is 9.41. The lowest BCUT2D eigenvalue weighted by Gasteiger charge is -2.16. The van der Waals surface area contributed by atoms with Gasteiger partial charge in [0.1, 0.15) is 11.5 Å². The largest absolute Gasteiger partial charge is 0.347 e. The van der Waals surface area contributed by atoms with Crippen LogP contribution in [0.25, 0.3) is 11.4 Å². The first kappa shape index (κ1) is 18.0. The molecule has 0 spiro atoms. The molecule has 28 heavy (non-hydrogen) atoms. The highest BCUT2D eigenvalue weighted by Gasteiger charge is 2.21. The van der Waals surface area contributed by atoms with Gasteiger partial charge in [-0.2, -0.15) is 0 Å². The number of aryl methyl sites for hydroxylation is 1. The predicted molar refractivity (Wildman–Crippen MR) is 108 cm³/mol. The standard InChI is InChI=1S/C22H22N4O2/c1-15-20(25-21(24-15)17-6-3-2-4-7-17)22(28)23-14-16-9-11-18(12-10-16)26-13-5-8-19(26)27/h2-4,6-7,9-12H,5,8,13-14H2,1H3,(H,23,28)(H,24,25). The Kier molecular flexibility index (Phi) is 4.93. The van der Waals surface area contributed by atoms with Gasteiger partial charge in [0, 0.05) is 36.5 Å². The van der Waals surface area contributed by atoms with Crippen LogP contribution in [0, 0.1) is 6.92 Å². The van der Waals surface area contributed by atoms with E-state index in [0.717, 1.165) is 35.5 Å². The lowest BCUT2D eigenvalue weighted by molar-refractivity contribution is -0.117. The molecule has 1 aromatic heterocycles. The molecule has 1 saturated heterocycles. The third kappa shape index (κ3) is 3.67. The number of nitrogens with zero attached hydrogens (tertiary/aromatic N) is 2. The third-order valence-electron chi connectivity index (χ3n) is 4.92. The number of aromatic nitrogens is 2. The maximum atomic E-state index is 12.6. The van der Waals surface area contributed by atoms with Crippen molar-refractivity contribution in [3.8, 4) is 11.4 Å². The number of amides is 2. The number of carbonyl (C=O) groups is 2. The molecule has 1 aliphatic rings. The van der Waals surface area contributed by atoms with Gasteiger partial charge in [-0.15, -0.1) is 0 Å². The fourth-order valence-electron chi connectivity index (χ4n) is 3.40. The summed E-state index contributed by atoms with van der Waals surface area (Å²) < 4.78 is 0. The second-order valence-corrected chi connectivity index (χ2v) is 6.92. The van der Waals surface area contributed by atoms with Crippen LogP contribution >= 0.6 is 0 Å². The smallest absolute Gasteiger partial charge is 0.272 e. The van der Waals surface area contributed by atoms with E-state index < -0.39 is 0 Å². The lowest BCUT2D eigenvalue weighted by Crippen LogP contribution is -2.25. The van der Waals surface area contributed by atoms with Crippen LogP contribution in [0.15, 0.2) is 54.6 Å². The summed E-state index contributed by atoms with van der Waals surface area (Å²) in [6.07, 6.45) is 1.52. The summed E-state index contributed by atoms with van der Waals surface area (Å²) in [4.78, 5) is 33.8. The Morgan fingerprint density at radius 1 is 1.14 bits per heavy atom. The molecule has 142 valence electrons. The van der Waals surface area contributed by atoms with Gasteiger partial charge in [0.25, 0.3) is 5.91 Å². The van der Waals surface area contributed by atoms with Crippen LogP contribution in [0.1, 0.15) is 34.6 Å². The minimum Gasteiger partial charge on any atom is -0.347 e. The number of anilines is 1. The van der Waals surface area contributed by atoms with Crippen molar-refractivity contribution < 1.29 is 9.59 Å². The molecular weight excluding hydrogens is 352 g/mol. The zero-order valence-electron chi connectivity index (χ0n) is 15.7. The fraction of sp³-hybridized carbons (Fsp3) is 0.227. The molecule has 1 aliphatic heterocycles. The van der Waals surface area contributed by atoms with Crippen molar-refractivity contribution in [1.82, 2.24) is 15.3 Å². The fourth-order valence-corrected chi connectivity index (χ4v) is 3.40. The van der Waals surface area contributed by atoms with Crippen LogP contribution in [0.2, 0.25) is 0 Å². The van der Waals surface area contributed by atoms with Crippen molar-refractivity contribution in [2.75, 3.05) is 11.4 Å². The summed E-state index contributed by atoms with van der Waals surface area (Å²) in [5.74, 6) is 0.641. The first-order chi connectivity index (χ1) is 13.6. The van der Waals surface area contributed by atoms with Crippen LogP contribution in [0.4, 0.5) is 5.69 Å². The van der Waals surface area contributed by atoms with E-state index in [1.165, 1.54) is 0 Å². The Morgan fingerprint density at radius 2 is 1.89 bits per heavy atom. The van der Waals surface area contributed by atoms with Gasteiger partial charge in [0.2, 0.25) is 5.91 Å². The van der Waals surface area contributed by atoms with Gasteiger partial charge in [0.15, 0.2) is 0 Å². The average molecular weight is 374 g/mol. The van der Waals surface area contributed by atoms with Crippen LogP contribution in [0.5, 0.6) is 0 Å². The molecule has 6 nitrogen and oxygen atoms in total. The summed E-state index contributed by atoms with van der Waals surface area (Å²) in [7, 11) is 0. The molecule has 2 amide bonds. The van der Waals surface area contributed by atoms with Crippen molar-refractivity contribution in [2.24, 2.45) is 0 Å². The van der Waals surface area contributed by atoms with Gasteiger partial charge in [-0.05, 0) is 31.0 Å². The molecule has 0 unspecified atom stereocenters. The van der Waals surface area contributed by atoms with E-state index in [4.69, 9.17) is 0 Å². The van der Waals surface area contributed by atoms with E-state index in [-0.39, 0.29) is 11.8 Å². The second-order valence-electron chi connectivity index (χ2n) is 6.92. The number of hydrogen-bond donors (Lipinski definition) is 2. The number of nitrogens with one attached hydrogen (secondary N) is 2. The second kappa shape index (κ2) is 7.68. The molecule has 0 bridgehead atoms. The van der Waals surface area contributed by atoms with Crippen LogP contribution in [-0.2, 0) is 11.3 Å². The highest BCUT2D eigenvalue weighted by Crippen LogP contribution is 2.22. The number of H-pyrrole nitrogens is 1.